The summed E-state index contributed by atoms with van der Waals surface area (Å²) < 4.78 is 4.78. The Bertz CT molecular complexity index is 732. The zero-order chi connectivity index (χ0) is 19.5. The molecule has 1 atom stereocenters. The van der Waals surface area contributed by atoms with Crippen LogP contribution in [0.15, 0.2) is 36.8 Å². The van der Waals surface area contributed by atoms with Crippen molar-refractivity contribution in [1.29, 1.82) is 0 Å². The second-order valence-electron chi connectivity index (χ2n) is 6.02. The van der Waals surface area contributed by atoms with Crippen LogP contribution in [0.25, 0.3) is 0 Å². The molecule has 0 unspecified atom stereocenters. The molecule has 10 heteroatoms. The fourth-order valence-corrected chi connectivity index (χ4v) is 3.04. The number of rotatable bonds is 11. The summed E-state index contributed by atoms with van der Waals surface area (Å²) in [5.41, 5.74) is 2.47. The number of hydrogen-bond acceptors (Lipinski definition) is 6. The smallest absolute Gasteiger partial charge is 0.328 e. The van der Waals surface area contributed by atoms with Crippen LogP contribution >= 0.6 is 36.6 Å². The number of hydrogen-bond donors (Lipinski definition) is 3. The molecule has 29 heavy (non-hydrogen) atoms. The third-order valence-electron chi connectivity index (χ3n) is 4.03. The molecule has 7 nitrogen and oxygen atoms in total. The molecule has 0 saturated heterocycles. The fourth-order valence-electron chi connectivity index (χ4n) is 2.57. The van der Waals surface area contributed by atoms with Crippen molar-refractivity contribution in [3.05, 3.63) is 48.0 Å². The van der Waals surface area contributed by atoms with Gasteiger partial charge in [-0.25, -0.2) is 9.78 Å². The Morgan fingerprint density at radius 2 is 2.10 bits per heavy atom. The molecule has 0 bridgehead atoms. The minimum absolute atomic E-state index is 0. The minimum Gasteiger partial charge on any atom is -0.467 e. The predicted molar refractivity (Wildman–Crippen MR) is 123 cm³/mol. The third kappa shape index (κ3) is 9.43. The number of benzene rings is 1. The topological polar surface area (TPSA) is 96.1 Å². The number of nitrogens with zero attached hydrogens (tertiary/aromatic N) is 1. The molecule has 3 N–H and O–H groups in total. The Kier molecular flexibility index (Phi) is 14.0. The zero-order valence-electron chi connectivity index (χ0n) is 16.5. The van der Waals surface area contributed by atoms with E-state index in [2.05, 4.69) is 20.6 Å². The number of amides is 1. The molecule has 2 aromatic rings. The van der Waals surface area contributed by atoms with Crippen molar-refractivity contribution >= 4 is 54.1 Å². The van der Waals surface area contributed by atoms with Crippen molar-refractivity contribution in [3.63, 3.8) is 0 Å². The Labute approximate surface area is 188 Å². The van der Waals surface area contributed by atoms with Gasteiger partial charge in [-0.15, -0.1) is 24.8 Å². The number of halogens is 2. The number of aryl methyl sites for hydroxylation is 1. The highest BCUT2D eigenvalue weighted by molar-refractivity contribution is 7.98. The lowest BCUT2D eigenvalue weighted by Crippen LogP contribution is -2.41. The highest BCUT2D eigenvalue weighted by Crippen LogP contribution is 2.12. The van der Waals surface area contributed by atoms with Crippen LogP contribution in [0, 0.1) is 0 Å². The Balaban J connectivity index is 0.00000392. The molecule has 0 fully saturated rings. The summed E-state index contributed by atoms with van der Waals surface area (Å²) in [6, 6.07) is 6.61. The van der Waals surface area contributed by atoms with Crippen LogP contribution in [0.2, 0.25) is 0 Å². The predicted octanol–water partition coefficient (Wildman–Crippen LogP) is 3.32. The molecular weight excluding hydrogens is 435 g/mol. The zero-order valence-corrected chi connectivity index (χ0v) is 18.9. The number of aromatic nitrogens is 2. The quantitative estimate of drug-likeness (QED) is 0.350. The number of imidazole rings is 1. The minimum atomic E-state index is -0.638. The monoisotopic (exact) mass is 462 g/mol. The van der Waals surface area contributed by atoms with Crippen LogP contribution in [0.3, 0.4) is 0 Å². The van der Waals surface area contributed by atoms with Gasteiger partial charge in [0.15, 0.2) is 0 Å². The molecule has 0 aliphatic heterocycles. The summed E-state index contributed by atoms with van der Waals surface area (Å²) in [7, 11) is 1.33. The Hall–Kier alpha value is -1.90. The number of carbonyl (C=O) groups excluding carboxylic acids is 2. The maximum Gasteiger partial charge on any atom is 0.328 e. The summed E-state index contributed by atoms with van der Waals surface area (Å²) in [6.45, 7) is 0.780. The van der Waals surface area contributed by atoms with Gasteiger partial charge in [0.25, 0.3) is 5.91 Å². The van der Waals surface area contributed by atoms with E-state index in [1.807, 2.05) is 24.6 Å². The van der Waals surface area contributed by atoms with Gasteiger partial charge < -0.3 is 20.4 Å². The van der Waals surface area contributed by atoms with Crippen LogP contribution in [-0.2, 0) is 16.0 Å². The van der Waals surface area contributed by atoms with Crippen molar-refractivity contribution < 1.29 is 14.3 Å². The summed E-state index contributed by atoms with van der Waals surface area (Å²) in [5.74, 6) is 0.0518. The summed E-state index contributed by atoms with van der Waals surface area (Å²) >= 11 is 1.62. The van der Waals surface area contributed by atoms with Crippen LogP contribution in [0.5, 0.6) is 0 Å². The number of anilines is 1. The standard InChI is InChI=1S/C19H26N4O3S.2ClH/c1-26-19(25)17(8-10-27-2)23-18(24)14-5-3-6-15(11-14)21-9-4-7-16-12-20-13-22-16;;/h3,5-6,11-13,17,21H,4,7-10H2,1-2H3,(H,20,22)(H,23,24);2*1H/t17-;;/m0../s1. The second-order valence-corrected chi connectivity index (χ2v) is 7.00. The fraction of sp³-hybridized carbons (Fsp3) is 0.421. The summed E-state index contributed by atoms with van der Waals surface area (Å²) in [6.07, 6.45) is 7.83. The van der Waals surface area contributed by atoms with E-state index in [9.17, 15) is 9.59 Å². The molecule has 0 saturated carbocycles. The third-order valence-corrected chi connectivity index (χ3v) is 4.68. The van der Waals surface area contributed by atoms with Gasteiger partial charge >= 0.3 is 5.97 Å². The van der Waals surface area contributed by atoms with Gasteiger partial charge in [-0.2, -0.15) is 11.8 Å². The number of H-pyrrole nitrogens is 1. The van der Waals surface area contributed by atoms with E-state index in [0.29, 0.717) is 12.0 Å². The van der Waals surface area contributed by atoms with Crippen molar-refractivity contribution in [2.45, 2.75) is 25.3 Å². The highest BCUT2D eigenvalue weighted by Gasteiger charge is 2.21. The van der Waals surface area contributed by atoms with Crippen LogP contribution in [-0.4, -0.2) is 53.5 Å². The molecule has 0 aliphatic rings. The van der Waals surface area contributed by atoms with E-state index in [0.717, 1.165) is 36.5 Å². The van der Waals surface area contributed by atoms with Crippen LogP contribution < -0.4 is 10.6 Å². The molecule has 0 aliphatic carbocycles. The first-order valence-corrected chi connectivity index (χ1v) is 10.2. The van der Waals surface area contributed by atoms with Crippen molar-refractivity contribution in [2.24, 2.45) is 0 Å². The van der Waals surface area contributed by atoms with Gasteiger partial charge in [0.05, 0.1) is 13.4 Å². The Morgan fingerprint density at radius 3 is 2.76 bits per heavy atom. The number of methoxy groups -OCH3 is 1. The number of aromatic amines is 1. The normalized spacial score (nSPS) is 10.8. The maximum absolute atomic E-state index is 12.5. The second kappa shape index (κ2) is 15.0. The lowest BCUT2D eigenvalue weighted by Gasteiger charge is -2.16. The molecule has 1 aromatic carbocycles. The molecule has 1 heterocycles. The lowest BCUT2D eigenvalue weighted by molar-refractivity contribution is -0.142. The lowest BCUT2D eigenvalue weighted by atomic mass is 10.1. The SMILES string of the molecule is COC(=O)[C@H](CCSC)NC(=O)c1cccc(NCCCc2cnc[nH]2)c1.Cl.Cl. The van der Waals surface area contributed by atoms with Gasteiger partial charge in [-0.05, 0) is 49.5 Å². The van der Waals surface area contributed by atoms with Crippen LogP contribution in [0.1, 0.15) is 28.9 Å². The summed E-state index contributed by atoms with van der Waals surface area (Å²) in [4.78, 5) is 31.4. The van der Waals surface area contributed by atoms with Gasteiger partial charge in [-0.1, -0.05) is 6.07 Å². The summed E-state index contributed by atoms with van der Waals surface area (Å²) in [5, 5.41) is 6.08. The highest BCUT2D eigenvalue weighted by atomic mass is 35.5. The van der Waals surface area contributed by atoms with E-state index in [4.69, 9.17) is 4.74 Å². The van der Waals surface area contributed by atoms with E-state index in [1.54, 1.807) is 30.2 Å². The number of carbonyl (C=O) groups is 2. The molecule has 0 spiro atoms. The average molecular weight is 463 g/mol. The number of nitrogens with one attached hydrogen (secondary N) is 3. The van der Waals surface area contributed by atoms with Gasteiger partial charge in [0, 0.05) is 29.7 Å². The Morgan fingerprint density at radius 1 is 1.31 bits per heavy atom. The average Bonchev–Trinajstić information content (AvgIpc) is 3.21. The van der Waals surface area contributed by atoms with Gasteiger partial charge in [0.2, 0.25) is 0 Å². The first-order valence-electron chi connectivity index (χ1n) is 8.83. The first kappa shape index (κ1) is 27.1. The van der Waals surface area contributed by atoms with E-state index in [-0.39, 0.29) is 30.7 Å². The van der Waals surface area contributed by atoms with Crippen molar-refractivity contribution in [1.82, 2.24) is 15.3 Å². The number of ether oxygens (including phenoxy) is 1. The number of esters is 1. The van der Waals surface area contributed by atoms with E-state index < -0.39 is 12.0 Å². The van der Waals surface area contributed by atoms with Gasteiger partial charge in [0.1, 0.15) is 6.04 Å². The largest absolute Gasteiger partial charge is 0.467 e. The van der Waals surface area contributed by atoms with E-state index in [1.165, 1.54) is 7.11 Å². The number of thioether (sulfide) groups is 1. The van der Waals surface area contributed by atoms with Crippen LogP contribution in [0.4, 0.5) is 5.69 Å². The van der Waals surface area contributed by atoms with E-state index >= 15 is 0 Å². The first-order chi connectivity index (χ1) is 13.1. The molecule has 162 valence electrons. The molecule has 1 amide bonds. The van der Waals surface area contributed by atoms with Crippen molar-refractivity contribution in [3.8, 4) is 0 Å². The maximum atomic E-state index is 12.5. The molecule has 1 aromatic heterocycles. The molecule has 2 rings (SSSR count). The molecule has 0 radical (unpaired) electrons. The van der Waals surface area contributed by atoms with Gasteiger partial charge in [-0.3, -0.25) is 4.79 Å². The molecular formula is C19H28Cl2N4O3S. The van der Waals surface area contributed by atoms with Crippen molar-refractivity contribution in [2.75, 3.05) is 31.0 Å².